The number of carbonyl (C=O) groups is 1. The number of ether oxygens (including phenoxy) is 2. The van der Waals surface area contributed by atoms with E-state index in [9.17, 15) is 4.79 Å². The number of amides is 1. The van der Waals surface area contributed by atoms with Gasteiger partial charge in [-0.05, 0) is 37.8 Å². The van der Waals surface area contributed by atoms with Gasteiger partial charge in [0.1, 0.15) is 6.61 Å². The summed E-state index contributed by atoms with van der Waals surface area (Å²) in [6, 6.07) is 7.70. The molecule has 4 nitrogen and oxygen atoms in total. The molecule has 23 heavy (non-hydrogen) atoms. The molecule has 0 saturated carbocycles. The third-order valence-electron chi connectivity index (χ3n) is 4.42. The van der Waals surface area contributed by atoms with Crippen LogP contribution in [-0.2, 0) is 4.79 Å². The molecule has 2 aliphatic rings. The predicted molar refractivity (Wildman–Crippen MR) is 89.7 cm³/mol. The zero-order valence-corrected chi connectivity index (χ0v) is 13.7. The summed E-state index contributed by atoms with van der Waals surface area (Å²) < 4.78 is 11.8. The van der Waals surface area contributed by atoms with Gasteiger partial charge in [0.15, 0.2) is 17.6 Å². The van der Waals surface area contributed by atoms with Crippen LogP contribution in [0.25, 0.3) is 0 Å². The highest BCUT2D eigenvalue weighted by Gasteiger charge is 2.28. The SMILES string of the molecule is CCCN(CC1COc2ccccc2O1)C(=O)C1CC=CCC1. The Hall–Kier alpha value is -1.97. The largest absolute Gasteiger partial charge is 0.486 e. The Balaban J connectivity index is 1.63. The van der Waals surface area contributed by atoms with Gasteiger partial charge in [0.2, 0.25) is 5.91 Å². The Bertz CT molecular complexity index is 569. The topological polar surface area (TPSA) is 38.8 Å². The number of allylic oxidation sites excluding steroid dienone is 2. The van der Waals surface area contributed by atoms with Gasteiger partial charge in [0.05, 0.1) is 6.54 Å². The number of carbonyl (C=O) groups excluding carboxylic acids is 1. The van der Waals surface area contributed by atoms with Crippen molar-refractivity contribution in [2.45, 2.75) is 38.7 Å². The highest BCUT2D eigenvalue weighted by molar-refractivity contribution is 5.79. The molecule has 0 N–H and O–H groups in total. The number of fused-ring (bicyclic) bond motifs is 1. The minimum atomic E-state index is -0.0977. The van der Waals surface area contributed by atoms with Gasteiger partial charge < -0.3 is 14.4 Å². The first-order valence-corrected chi connectivity index (χ1v) is 8.60. The predicted octanol–water partition coefficient (Wildman–Crippen LogP) is 3.42. The van der Waals surface area contributed by atoms with Crippen LogP contribution in [-0.4, -0.2) is 36.6 Å². The number of para-hydroxylation sites is 2. The molecule has 1 heterocycles. The van der Waals surface area contributed by atoms with Crippen LogP contribution in [0.2, 0.25) is 0 Å². The number of hydrogen-bond donors (Lipinski definition) is 0. The zero-order chi connectivity index (χ0) is 16.1. The van der Waals surface area contributed by atoms with E-state index in [1.54, 1.807) is 0 Å². The maximum absolute atomic E-state index is 12.8. The summed E-state index contributed by atoms with van der Waals surface area (Å²) in [7, 11) is 0. The number of hydrogen-bond acceptors (Lipinski definition) is 3. The van der Waals surface area contributed by atoms with Crippen molar-refractivity contribution in [1.82, 2.24) is 4.90 Å². The average Bonchev–Trinajstić information content (AvgIpc) is 2.61. The third kappa shape index (κ3) is 3.87. The fourth-order valence-corrected chi connectivity index (χ4v) is 3.24. The second kappa shape index (κ2) is 7.53. The number of nitrogens with zero attached hydrogens (tertiary/aromatic N) is 1. The average molecular weight is 315 g/mol. The van der Waals surface area contributed by atoms with Gasteiger partial charge in [-0.3, -0.25) is 4.79 Å². The van der Waals surface area contributed by atoms with Crippen LogP contribution in [0.1, 0.15) is 32.6 Å². The minimum Gasteiger partial charge on any atom is -0.486 e. The van der Waals surface area contributed by atoms with Gasteiger partial charge in [-0.1, -0.05) is 31.2 Å². The van der Waals surface area contributed by atoms with Crippen LogP contribution < -0.4 is 9.47 Å². The lowest BCUT2D eigenvalue weighted by molar-refractivity contribution is -0.137. The summed E-state index contributed by atoms with van der Waals surface area (Å²) >= 11 is 0. The van der Waals surface area contributed by atoms with Gasteiger partial charge in [-0.25, -0.2) is 0 Å². The highest BCUT2D eigenvalue weighted by Crippen LogP contribution is 2.31. The molecule has 0 bridgehead atoms. The minimum absolute atomic E-state index is 0.0977. The van der Waals surface area contributed by atoms with Gasteiger partial charge >= 0.3 is 0 Å². The maximum Gasteiger partial charge on any atom is 0.226 e. The molecule has 2 atom stereocenters. The molecular formula is C19H25NO3. The van der Waals surface area contributed by atoms with E-state index in [2.05, 4.69) is 19.1 Å². The Morgan fingerprint density at radius 2 is 2.09 bits per heavy atom. The summed E-state index contributed by atoms with van der Waals surface area (Å²) in [5.41, 5.74) is 0. The van der Waals surface area contributed by atoms with E-state index < -0.39 is 0 Å². The molecule has 0 radical (unpaired) electrons. The summed E-state index contributed by atoms with van der Waals surface area (Å²) in [6.45, 7) is 3.98. The summed E-state index contributed by atoms with van der Waals surface area (Å²) in [6.07, 6.45) is 7.99. The van der Waals surface area contributed by atoms with E-state index in [1.807, 2.05) is 29.2 Å². The fourth-order valence-electron chi connectivity index (χ4n) is 3.24. The second-order valence-corrected chi connectivity index (χ2v) is 6.26. The molecule has 2 unspecified atom stereocenters. The Morgan fingerprint density at radius 3 is 2.83 bits per heavy atom. The van der Waals surface area contributed by atoms with E-state index in [-0.39, 0.29) is 17.9 Å². The van der Waals surface area contributed by atoms with Crippen molar-refractivity contribution in [3.8, 4) is 11.5 Å². The first-order valence-electron chi connectivity index (χ1n) is 8.60. The van der Waals surface area contributed by atoms with Crippen LogP contribution in [0.5, 0.6) is 11.5 Å². The third-order valence-corrected chi connectivity index (χ3v) is 4.42. The lowest BCUT2D eigenvalue weighted by atomic mass is 9.93. The van der Waals surface area contributed by atoms with Crippen LogP contribution in [0.3, 0.4) is 0 Å². The lowest BCUT2D eigenvalue weighted by Crippen LogP contribution is -2.46. The fraction of sp³-hybridized carbons (Fsp3) is 0.526. The van der Waals surface area contributed by atoms with Crippen molar-refractivity contribution in [3.05, 3.63) is 36.4 Å². The van der Waals surface area contributed by atoms with Crippen molar-refractivity contribution in [3.63, 3.8) is 0 Å². The summed E-state index contributed by atoms with van der Waals surface area (Å²) in [5.74, 6) is 1.95. The maximum atomic E-state index is 12.8. The second-order valence-electron chi connectivity index (χ2n) is 6.26. The molecule has 1 amide bonds. The molecular weight excluding hydrogens is 290 g/mol. The Morgan fingerprint density at radius 1 is 1.26 bits per heavy atom. The summed E-state index contributed by atoms with van der Waals surface area (Å²) in [4.78, 5) is 14.8. The van der Waals surface area contributed by atoms with Crippen molar-refractivity contribution < 1.29 is 14.3 Å². The molecule has 1 aromatic rings. The van der Waals surface area contributed by atoms with Crippen LogP contribution in [0.15, 0.2) is 36.4 Å². The van der Waals surface area contributed by atoms with Gasteiger partial charge in [-0.15, -0.1) is 0 Å². The first kappa shape index (κ1) is 15.9. The van der Waals surface area contributed by atoms with E-state index in [1.165, 1.54) is 0 Å². The molecule has 0 fully saturated rings. The normalized spacial score (nSPS) is 22.7. The monoisotopic (exact) mass is 315 g/mol. The van der Waals surface area contributed by atoms with E-state index >= 15 is 0 Å². The smallest absolute Gasteiger partial charge is 0.226 e. The zero-order valence-electron chi connectivity index (χ0n) is 13.7. The lowest BCUT2D eigenvalue weighted by Gasteiger charge is -2.33. The summed E-state index contributed by atoms with van der Waals surface area (Å²) in [5, 5.41) is 0. The van der Waals surface area contributed by atoms with Crippen molar-refractivity contribution in [2.24, 2.45) is 5.92 Å². The highest BCUT2D eigenvalue weighted by atomic mass is 16.6. The van der Waals surface area contributed by atoms with Crippen molar-refractivity contribution in [1.29, 1.82) is 0 Å². The Kier molecular flexibility index (Phi) is 5.21. The van der Waals surface area contributed by atoms with E-state index in [0.29, 0.717) is 13.2 Å². The van der Waals surface area contributed by atoms with Crippen LogP contribution in [0, 0.1) is 5.92 Å². The van der Waals surface area contributed by atoms with Crippen molar-refractivity contribution >= 4 is 5.91 Å². The number of benzene rings is 1. The molecule has 124 valence electrons. The molecule has 0 aromatic heterocycles. The standard InChI is InChI=1S/C19H25NO3/c1-2-12-20(19(21)15-8-4-3-5-9-15)13-16-14-22-17-10-6-7-11-18(17)23-16/h3-4,6-7,10-11,15-16H,2,5,8-9,12-14H2,1H3. The molecule has 0 spiro atoms. The molecule has 3 rings (SSSR count). The number of rotatable bonds is 5. The first-order chi connectivity index (χ1) is 11.3. The van der Waals surface area contributed by atoms with Gasteiger partial charge in [0, 0.05) is 12.5 Å². The van der Waals surface area contributed by atoms with Crippen LogP contribution in [0.4, 0.5) is 0 Å². The van der Waals surface area contributed by atoms with Gasteiger partial charge in [0.25, 0.3) is 0 Å². The van der Waals surface area contributed by atoms with Crippen molar-refractivity contribution in [2.75, 3.05) is 19.7 Å². The molecule has 1 aromatic carbocycles. The molecule has 1 aliphatic heterocycles. The van der Waals surface area contributed by atoms with E-state index in [4.69, 9.17) is 9.47 Å². The Labute approximate surface area is 138 Å². The van der Waals surface area contributed by atoms with Gasteiger partial charge in [-0.2, -0.15) is 0 Å². The quantitative estimate of drug-likeness (QED) is 0.782. The molecule has 4 heteroatoms. The van der Waals surface area contributed by atoms with E-state index in [0.717, 1.165) is 43.7 Å². The molecule has 1 aliphatic carbocycles. The molecule has 0 saturated heterocycles. The van der Waals surface area contributed by atoms with Crippen LogP contribution >= 0.6 is 0 Å².